The molecule has 0 aliphatic heterocycles. The Morgan fingerprint density at radius 2 is 2.11 bits per heavy atom. The van der Waals surface area contributed by atoms with Crippen molar-refractivity contribution in [2.75, 3.05) is 11.9 Å². The van der Waals surface area contributed by atoms with E-state index in [2.05, 4.69) is 10.6 Å². The summed E-state index contributed by atoms with van der Waals surface area (Å²) in [5.41, 5.74) is 0.998. The van der Waals surface area contributed by atoms with Gasteiger partial charge in [0, 0.05) is 18.2 Å². The van der Waals surface area contributed by atoms with Crippen LogP contribution >= 0.6 is 11.6 Å². The van der Waals surface area contributed by atoms with Crippen LogP contribution < -0.4 is 10.6 Å². The average molecular weight is 281 g/mol. The molecule has 0 spiro atoms. The standard InChI is InChI=1S/C14H17ClN2O2/c1-2-16-14(19)11-8-10(6-7-12(11)15)17-13(18)9-4-3-5-9/h6-9H,2-5H2,1H3,(H,16,19)(H,17,18). The average Bonchev–Trinajstić information content (AvgIpc) is 2.29. The van der Waals surface area contributed by atoms with Crippen LogP contribution in [0.25, 0.3) is 0 Å². The smallest absolute Gasteiger partial charge is 0.252 e. The van der Waals surface area contributed by atoms with Crippen molar-refractivity contribution >= 4 is 29.1 Å². The summed E-state index contributed by atoms with van der Waals surface area (Å²) in [6.07, 6.45) is 3.01. The molecule has 0 bridgehead atoms. The molecule has 4 nitrogen and oxygen atoms in total. The summed E-state index contributed by atoms with van der Waals surface area (Å²) < 4.78 is 0. The number of nitrogens with one attached hydrogen (secondary N) is 2. The van der Waals surface area contributed by atoms with E-state index in [1.165, 1.54) is 0 Å². The van der Waals surface area contributed by atoms with Crippen molar-refractivity contribution in [1.29, 1.82) is 0 Å². The summed E-state index contributed by atoms with van der Waals surface area (Å²) in [4.78, 5) is 23.6. The van der Waals surface area contributed by atoms with Crippen molar-refractivity contribution < 1.29 is 9.59 Å². The van der Waals surface area contributed by atoms with Gasteiger partial charge in [0.2, 0.25) is 5.91 Å². The van der Waals surface area contributed by atoms with Crippen molar-refractivity contribution in [1.82, 2.24) is 5.32 Å². The molecule has 2 amide bonds. The molecule has 2 rings (SSSR count). The Morgan fingerprint density at radius 1 is 1.37 bits per heavy atom. The zero-order chi connectivity index (χ0) is 13.8. The first-order valence-corrected chi connectivity index (χ1v) is 6.88. The Hall–Kier alpha value is -1.55. The van der Waals surface area contributed by atoms with E-state index < -0.39 is 0 Å². The van der Waals surface area contributed by atoms with Gasteiger partial charge in [-0.15, -0.1) is 0 Å². The monoisotopic (exact) mass is 280 g/mol. The van der Waals surface area contributed by atoms with Gasteiger partial charge in [-0.2, -0.15) is 0 Å². The van der Waals surface area contributed by atoms with Crippen LogP contribution in [0, 0.1) is 5.92 Å². The molecule has 0 heterocycles. The van der Waals surface area contributed by atoms with E-state index >= 15 is 0 Å². The van der Waals surface area contributed by atoms with Crippen LogP contribution in [0.1, 0.15) is 36.5 Å². The fourth-order valence-corrected chi connectivity index (χ4v) is 2.15. The Labute approximate surface area is 117 Å². The molecule has 0 saturated heterocycles. The number of amides is 2. The zero-order valence-electron chi connectivity index (χ0n) is 10.8. The van der Waals surface area contributed by atoms with E-state index in [1.54, 1.807) is 18.2 Å². The molecule has 1 aromatic carbocycles. The number of carbonyl (C=O) groups is 2. The molecule has 0 unspecified atom stereocenters. The van der Waals surface area contributed by atoms with E-state index in [-0.39, 0.29) is 17.7 Å². The van der Waals surface area contributed by atoms with E-state index in [0.717, 1.165) is 19.3 Å². The van der Waals surface area contributed by atoms with Gasteiger partial charge in [-0.1, -0.05) is 18.0 Å². The van der Waals surface area contributed by atoms with Crippen molar-refractivity contribution in [3.63, 3.8) is 0 Å². The number of hydrogen-bond acceptors (Lipinski definition) is 2. The highest BCUT2D eigenvalue weighted by molar-refractivity contribution is 6.34. The predicted molar refractivity (Wildman–Crippen MR) is 75.4 cm³/mol. The highest BCUT2D eigenvalue weighted by Crippen LogP contribution is 2.28. The van der Waals surface area contributed by atoms with Gasteiger partial charge in [-0.05, 0) is 38.0 Å². The highest BCUT2D eigenvalue weighted by atomic mass is 35.5. The molecule has 1 fully saturated rings. The van der Waals surface area contributed by atoms with Crippen LogP contribution in [0.2, 0.25) is 5.02 Å². The number of carbonyl (C=O) groups excluding carboxylic acids is 2. The van der Waals surface area contributed by atoms with Gasteiger partial charge in [-0.25, -0.2) is 0 Å². The topological polar surface area (TPSA) is 58.2 Å². The van der Waals surface area contributed by atoms with Gasteiger partial charge in [-0.3, -0.25) is 9.59 Å². The third kappa shape index (κ3) is 3.26. The lowest BCUT2D eigenvalue weighted by molar-refractivity contribution is -0.122. The second kappa shape index (κ2) is 6.06. The number of halogens is 1. The van der Waals surface area contributed by atoms with Gasteiger partial charge in [0.1, 0.15) is 0 Å². The molecule has 0 atom stereocenters. The maximum Gasteiger partial charge on any atom is 0.252 e. The van der Waals surface area contributed by atoms with Gasteiger partial charge in [0.15, 0.2) is 0 Å². The molecule has 0 radical (unpaired) electrons. The third-order valence-corrected chi connectivity index (χ3v) is 3.62. The molecule has 1 aliphatic rings. The Kier molecular flexibility index (Phi) is 4.43. The summed E-state index contributed by atoms with van der Waals surface area (Å²) in [6.45, 7) is 2.38. The van der Waals surface area contributed by atoms with Gasteiger partial charge >= 0.3 is 0 Å². The summed E-state index contributed by atoms with van der Waals surface area (Å²) in [5, 5.41) is 5.91. The second-order valence-corrected chi connectivity index (χ2v) is 5.08. The SMILES string of the molecule is CCNC(=O)c1cc(NC(=O)C2CCC2)ccc1Cl. The maximum absolute atomic E-state index is 11.8. The Balaban J connectivity index is 2.11. The first kappa shape index (κ1) is 13.9. The van der Waals surface area contributed by atoms with Crippen LogP contribution in [0.4, 0.5) is 5.69 Å². The van der Waals surface area contributed by atoms with E-state index in [0.29, 0.717) is 22.8 Å². The maximum atomic E-state index is 11.8. The minimum absolute atomic E-state index is 0.0235. The molecule has 19 heavy (non-hydrogen) atoms. The number of rotatable bonds is 4. The Morgan fingerprint density at radius 3 is 2.68 bits per heavy atom. The lowest BCUT2D eigenvalue weighted by Crippen LogP contribution is -2.28. The lowest BCUT2D eigenvalue weighted by Gasteiger charge is -2.24. The van der Waals surface area contributed by atoms with E-state index in [4.69, 9.17) is 11.6 Å². The fraction of sp³-hybridized carbons (Fsp3) is 0.429. The molecule has 5 heteroatoms. The summed E-state index contributed by atoms with van der Waals surface area (Å²) in [7, 11) is 0. The molecule has 102 valence electrons. The normalized spacial score (nSPS) is 14.6. The first-order chi connectivity index (χ1) is 9.11. The van der Waals surface area contributed by atoms with Crippen LogP contribution in [0.5, 0.6) is 0 Å². The van der Waals surface area contributed by atoms with Crippen LogP contribution in [0.15, 0.2) is 18.2 Å². The predicted octanol–water partition coefficient (Wildman–Crippen LogP) is 2.83. The second-order valence-electron chi connectivity index (χ2n) is 4.67. The quantitative estimate of drug-likeness (QED) is 0.891. The molecular formula is C14H17ClN2O2. The van der Waals surface area contributed by atoms with Crippen molar-refractivity contribution in [2.24, 2.45) is 5.92 Å². The molecule has 1 aromatic rings. The van der Waals surface area contributed by atoms with Crippen LogP contribution in [-0.4, -0.2) is 18.4 Å². The van der Waals surface area contributed by atoms with Crippen molar-refractivity contribution in [2.45, 2.75) is 26.2 Å². The van der Waals surface area contributed by atoms with Crippen LogP contribution in [0.3, 0.4) is 0 Å². The van der Waals surface area contributed by atoms with Crippen molar-refractivity contribution in [3.05, 3.63) is 28.8 Å². The van der Waals surface area contributed by atoms with Crippen LogP contribution in [-0.2, 0) is 4.79 Å². The molecule has 1 aliphatic carbocycles. The number of hydrogen-bond donors (Lipinski definition) is 2. The minimum atomic E-state index is -0.229. The molecular weight excluding hydrogens is 264 g/mol. The number of anilines is 1. The summed E-state index contributed by atoms with van der Waals surface area (Å²) >= 11 is 5.99. The minimum Gasteiger partial charge on any atom is -0.352 e. The molecule has 2 N–H and O–H groups in total. The lowest BCUT2D eigenvalue weighted by atomic mass is 9.85. The summed E-state index contributed by atoms with van der Waals surface area (Å²) in [5.74, 6) is -0.0914. The fourth-order valence-electron chi connectivity index (χ4n) is 1.95. The number of benzene rings is 1. The Bertz CT molecular complexity index is 498. The van der Waals surface area contributed by atoms with E-state index in [9.17, 15) is 9.59 Å². The van der Waals surface area contributed by atoms with E-state index in [1.807, 2.05) is 6.92 Å². The first-order valence-electron chi connectivity index (χ1n) is 6.50. The summed E-state index contributed by atoms with van der Waals surface area (Å²) in [6, 6.07) is 4.95. The zero-order valence-corrected chi connectivity index (χ0v) is 11.6. The van der Waals surface area contributed by atoms with Gasteiger partial charge in [0.05, 0.1) is 10.6 Å². The van der Waals surface area contributed by atoms with Gasteiger partial charge in [0.25, 0.3) is 5.91 Å². The third-order valence-electron chi connectivity index (χ3n) is 3.29. The highest BCUT2D eigenvalue weighted by Gasteiger charge is 2.25. The van der Waals surface area contributed by atoms with Crippen molar-refractivity contribution in [3.8, 4) is 0 Å². The molecule has 0 aromatic heterocycles. The molecule has 1 saturated carbocycles. The van der Waals surface area contributed by atoms with Gasteiger partial charge < -0.3 is 10.6 Å². The largest absolute Gasteiger partial charge is 0.352 e.